The molecule has 6 heteroatoms. The van der Waals surface area contributed by atoms with Gasteiger partial charge in [0.25, 0.3) is 5.56 Å². The third kappa shape index (κ3) is 1.93. The van der Waals surface area contributed by atoms with Crippen LogP contribution in [0.5, 0.6) is 0 Å². The molecule has 90 valence electrons. The van der Waals surface area contributed by atoms with Crippen LogP contribution in [0.2, 0.25) is 0 Å². The lowest BCUT2D eigenvalue weighted by molar-refractivity contribution is 0.560. The van der Waals surface area contributed by atoms with Crippen molar-refractivity contribution in [3.05, 3.63) is 34.6 Å². The molecule has 0 fully saturated rings. The fourth-order valence-electron chi connectivity index (χ4n) is 1.59. The van der Waals surface area contributed by atoms with E-state index in [1.165, 1.54) is 17.1 Å². The molecule has 2 heterocycles. The standard InChI is InChI=1S/C11H15N5O/c1-11(2,3)9-8(12)10(17)16(15-9)7-6-13-4-5-14-7/h4-6,15H,12H2,1-3H3. The van der Waals surface area contributed by atoms with Crippen LogP contribution in [0, 0.1) is 0 Å². The summed E-state index contributed by atoms with van der Waals surface area (Å²) in [6, 6.07) is 0. The average molecular weight is 233 g/mol. The summed E-state index contributed by atoms with van der Waals surface area (Å²) in [5.74, 6) is 0.430. The maximum Gasteiger partial charge on any atom is 0.296 e. The monoisotopic (exact) mass is 233 g/mol. The Hall–Kier alpha value is -2.11. The molecular formula is C11H15N5O. The number of anilines is 1. The van der Waals surface area contributed by atoms with E-state index < -0.39 is 0 Å². The van der Waals surface area contributed by atoms with Crippen molar-refractivity contribution in [3.63, 3.8) is 0 Å². The summed E-state index contributed by atoms with van der Waals surface area (Å²) in [6.07, 6.45) is 4.57. The molecule has 2 aromatic heterocycles. The summed E-state index contributed by atoms with van der Waals surface area (Å²) >= 11 is 0. The Morgan fingerprint density at radius 1 is 1.35 bits per heavy atom. The Morgan fingerprint density at radius 3 is 2.53 bits per heavy atom. The van der Waals surface area contributed by atoms with Crippen molar-refractivity contribution < 1.29 is 0 Å². The second kappa shape index (κ2) is 3.73. The molecule has 0 aliphatic rings. The van der Waals surface area contributed by atoms with Gasteiger partial charge >= 0.3 is 0 Å². The maximum absolute atomic E-state index is 12.0. The predicted octanol–water partition coefficient (Wildman–Crippen LogP) is 0.835. The molecule has 2 aromatic rings. The number of nitrogen functional groups attached to an aromatic ring is 1. The Kier molecular flexibility index (Phi) is 2.49. The first kappa shape index (κ1) is 11.4. The van der Waals surface area contributed by atoms with E-state index in [1.54, 1.807) is 6.20 Å². The average Bonchev–Trinajstić information content (AvgIpc) is 2.57. The fourth-order valence-corrected chi connectivity index (χ4v) is 1.59. The zero-order valence-corrected chi connectivity index (χ0v) is 10.1. The number of H-pyrrole nitrogens is 1. The molecule has 17 heavy (non-hydrogen) atoms. The lowest BCUT2D eigenvalue weighted by Gasteiger charge is -2.16. The van der Waals surface area contributed by atoms with E-state index in [-0.39, 0.29) is 16.7 Å². The summed E-state index contributed by atoms with van der Waals surface area (Å²) in [6.45, 7) is 5.95. The maximum atomic E-state index is 12.0. The number of nitrogens with one attached hydrogen (secondary N) is 1. The third-order valence-corrected chi connectivity index (χ3v) is 2.46. The number of aromatic nitrogens is 4. The lowest BCUT2D eigenvalue weighted by Crippen LogP contribution is -2.18. The summed E-state index contributed by atoms with van der Waals surface area (Å²) < 4.78 is 1.31. The Labute approximate surface area is 98.5 Å². The van der Waals surface area contributed by atoms with Gasteiger partial charge in [-0.05, 0) is 0 Å². The van der Waals surface area contributed by atoms with Crippen LogP contribution in [-0.4, -0.2) is 19.7 Å². The second-order valence-electron chi connectivity index (χ2n) is 4.85. The van der Waals surface area contributed by atoms with Crippen LogP contribution in [0.25, 0.3) is 5.82 Å². The molecule has 0 aliphatic carbocycles. The quantitative estimate of drug-likeness (QED) is 0.763. The number of rotatable bonds is 1. The molecule has 0 aliphatic heterocycles. The second-order valence-corrected chi connectivity index (χ2v) is 4.85. The van der Waals surface area contributed by atoms with Crippen LogP contribution in [0.15, 0.2) is 23.4 Å². The van der Waals surface area contributed by atoms with Crippen molar-refractivity contribution >= 4 is 5.69 Å². The summed E-state index contributed by atoms with van der Waals surface area (Å²) in [4.78, 5) is 20.0. The highest BCUT2D eigenvalue weighted by atomic mass is 16.1. The highest BCUT2D eigenvalue weighted by molar-refractivity contribution is 5.46. The molecule has 2 rings (SSSR count). The van der Waals surface area contributed by atoms with E-state index in [4.69, 9.17) is 5.73 Å². The van der Waals surface area contributed by atoms with Gasteiger partial charge in [0.15, 0.2) is 5.82 Å². The number of nitrogens with zero attached hydrogens (tertiary/aromatic N) is 3. The molecule has 0 atom stereocenters. The lowest BCUT2D eigenvalue weighted by atomic mass is 9.91. The summed E-state index contributed by atoms with van der Waals surface area (Å²) in [7, 11) is 0. The molecular weight excluding hydrogens is 218 g/mol. The molecule has 0 amide bonds. The van der Waals surface area contributed by atoms with Gasteiger partial charge in [-0.3, -0.25) is 14.9 Å². The van der Waals surface area contributed by atoms with Gasteiger partial charge in [-0.2, -0.15) is 4.68 Å². The first-order chi connectivity index (χ1) is 7.91. The van der Waals surface area contributed by atoms with Crippen molar-refractivity contribution in [1.29, 1.82) is 0 Å². The van der Waals surface area contributed by atoms with Gasteiger partial charge in [0.1, 0.15) is 5.69 Å². The normalized spacial score (nSPS) is 11.7. The van der Waals surface area contributed by atoms with E-state index in [2.05, 4.69) is 15.1 Å². The van der Waals surface area contributed by atoms with Crippen molar-refractivity contribution in [1.82, 2.24) is 19.7 Å². The predicted molar refractivity (Wildman–Crippen MR) is 65.1 cm³/mol. The van der Waals surface area contributed by atoms with E-state index in [0.29, 0.717) is 11.5 Å². The largest absolute Gasteiger partial charge is 0.393 e. The molecule has 0 bridgehead atoms. The molecule has 3 N–H and O–H groups in total. The molecule has 0 saturated heterocycles. The van der Waals surface area contributed by atoms with Gasteiger partial charge in [0.2, 0.25) is 0 Å². The van der Waals surface area contributed by atoms with Crippen LogP contribution < -0.4 is 11.3 Å². The van der Waals surface area contributed by atoms with E-state index in [9.17, 15) is 4.79 Å². The summed E-state index contributed by atoms with van der Waals surface area (Å²) in [5.41, 5.74) is 6.22. The van der Waals surface area contributed by atoms with E-state index >= 15 is 0 Å². The minimum Gasteiger partial charge on any atom is -0.393 e. The van der Waals surface area contributed by atoms with Gasteiger partial charge in [-0.25, -0.2) is 4.98 Å². The van der Waals surface area contributed by atoms with Gasteiger partial charge in [-0.1, -0.05) is 20.8 Å². The van der Waals surface area contributed by atoms with Crippen molar-refractivity contribution in [2.45, 2.75) is 26.2 Å². The number of hydrogen-bond acceptors (Lipinski definition) is 4. The number of hydrogen-bond donors (Lipinski definition) is 2. The van der Waals surface area contributed by atoms with E-state index in [1.807, 2.05) is 20.8 Å². The molecule has 0 radical (unpaired) electrons. The molecule has 0 aromatic carbocycles. The minimum atomic E-state index is -0.296. The number of nitrogens with two attached hydrogens (primary N) is 1. The van der Waals surface area contributed by atoms with Crippen LogP contribution in [0.3, 0.4) is 0 Å². The van der Waals surface area contributed by atoms with Gasteiger partial charge in [-0.15, -0.1) is 0 Å². The van der Waals surface area contributed by atoms with Crippen molar-refractivity contribution in [3.8, 4) is 5.82 Å². The Morgan fingerprint density at radius 2 is 2.06 bits per heavy atom. The van der Waals surface area contributed by atoms with Gasteiger partial charge in [0, 0.05) is 17.8 Å². The zero-order valence-electron chi connectivity index (χ0n) is 10.1. The zero-order chi connectivity index (χ0) is 12.6. The third-order valence-electron chi connectivity index (χ3n) is 2.46. The highest BCUT2D eigenvalue weighted by Crippen LogP contribution is 2.23. The molecule has 0 saturated carbocycles. The van der Waals surface area contributed by atoms with Crippen molar-refractivity contribution in [2.24, 2.45) is 0 Å². The molecule has 0 spiro atoms. The highest BCUT2D eigenvalue weighted by Gasteiger charge is 2.23. The van der Waals surface area contributed by atoms with Crippen LogP contribution in [0.1, 0.15) is 26.5 Å². The van der Waals surface area contributed by atoms with Crippen LogP contribution in [0.4, 0.5) is 5.69 Å². The fraction of sp³-hybridized carbons (Fsp3) is 0.364. The van der Waals surface area contributed by atoms with E-state index in [0.717, 1.165) is 0 Å². The topological polar surface area (TPSA) is 89.6 Å². The Bertz CT molecular complexity index is 576. The smallest absolute Gasteiger partial charge is 0.296 e. The van der Waals surface area contributed by atoms with Gasteiger partial charge < -0.3 is 5.73 Å². The Balaban J connectivity index is 2.63. The van der Waals surface area contributed by atoms with Crippen LogP contribution >= 0.6 is 0 Å². The minimum absolute atomic E-state index is 0.225. The van der Waals surface area contributed by atoms with Crippen molar-refractivity contribution in [2.75, 3.05) is 5.73 Å². The van der Waals surface area contributed by atoms with Gasteiger partial charge in [0.05, 0.1) is 11.9 Å². The van der Waals surface area contributed by atoms with Crippen LogP contribution in [-0.2, 0) is 5.41 Å². The molecule has 6 nitrogen and oxygen atoms in total. The SMILES string of the molecule is CC(C)(C)c1[nH]n(-c2cnccn2)c(=O)c1N. The summed E-state index contributed by atoms with van der Waals surface area (Å²) in [5, 5.41) is 2.98. The first-order valence-electron chi connectivity index (χ1n) is 5.28. The number of aromatic amines is 1. The first-order valence-corrected chi connectivity index (χ1v) is 5.28. The molecule has 0 unspecified atom stereocenters.